The maximum atomic E-state index is 12.8. The maximum absolute atomic E-state index is 12.8. The highest BCUT2D eigenvalue weighted by molar-refractivity contribution is 7.84. The topological polar surface area (TPSA) is 55.1 Å². The van der Waals surface area contributed by atoms with Crippen LogP contribution in [-0.4, -0.2) is 27.0 Å². The largest absolute Gasteiger partial charge is 0.328 e. The van der Waals surface area contributed by atoms with Crippen LogP contribution in [0.4, 0.5) is 8.78 Å². The fourth-order valence-electron chi connectivity index (χ4n) is 1.52. The summed E-state index contributed by atoms with van der Waals surface area (Å²) in [5.74, 6) is 0. The van der Waals surface area contributed by atoms with E-state index in [0.717, 1.165) is 0 Å². The number of rotatable bonds is 3. The third-order valence-corrected chi connectivity index (χ3v) is 4.23. The van der Waals surface area contributed by atoms with Crippen molar-refractivity contribution in [3.63, 3.8) is 0 Å². The number of halogens is 2. The Morgan fingerprint density at radius 3 is 2.20 bits per heavy atom. The summed E-state index contributed by atoms with van der Waals surface area (Å²) < 4.78 is 39.3. The van der Waals surface area contributed by atoms with Crippen LogP contribution in [0, 0.1) is 0 Å². The van der Waals surface area contributed by atoms with E-state index in [1.165, 1.54) is 0 Å². The van der Waals surface area contributed by atoms with E-state index < -0.39 is 27.7 Å². The smallest absolute Gasteiger partial charge is 0.257 e. The molecule has 0 radical (unpaired) electrons. The van der Waals surface area contributed by atoms with Gasteiger partial charge in [-0.25, -0.2) is 17.7 Å². The van der Waals surface area contributed by atoms with Gasteiger partial charge in [0.15, 0.2) is 0 Å². The summed E-state index contributed by atoms with van der Waals surface area (Å²) in [6.07, 6.45) is -2.15. The van der Waals surface area contributed by atoms with Crippen molar-refractivity contribution in [3.05, 3.63) is 0 Å². The van der Waals surface area contributed by atoms with Gasteiger partial charge in [0.1, 0.15) is 0 Å². The van der Waals surface area contributed by atoms with Gasteiger partial charge in [-0.3, -0.25) is 0 Å². The minimum atomic E-state index is -2.52. The quantitative estimate of drug-likeness (QED) is 0.778. The molecule has 0 amide bonds. The van der Waals surface area contributed by atoms with Crippen LogP contribution in [0.1, 0.15) is 33.6 Å². The van der Waals surface area contributed by atoms with Gasteiger partial charge in [0.2, 0.25) is 0 Å². The van der Waals surface area contributed by atoms with Crippen LogP contribution >= 0.6 is 0 Å². The van der Waals surface area contributed by atoms with Crippen molar-refractivity contribution in [1.29, 1.82) is 0 Å². The standard InChI is InChI=1S/C9H18F2N2OS/c1-8(2,3)15(14)13-9(7(10)11)4-6(12)5-9/h6-7,13H,4-5,12H2,1-3H3. The van der Waals surface area contributed by atoms with Crippen molar-refractivity contribution in [3.8, 4) is 0 Å². The van der Waals surface area contributed by atoms with E-state index in [1.54, 1.807) is 20.8 Å². The summed E-state index contributed by atoms with van der Waals surface area (Å²) in [5.41, 5.74) is 4.17. The first-order chi connectivity index (χ1) is 6.67. The third kappa shape index (κ3) is 2.73. The van der Waals surface area contributed by atoms with Crippen LogP contribution in [0.5, 0.6) is 0 Å². The predicted octanol–water partition coefficient (Wildman–Crippen LogP) is 1.16. The zero-order valence-corrected chi connectivity index (χ0v) is 10.0. The number of alkyl halides is 2. The molecule has 1 rings (SSSR count). The molecule has 1 saturated carbocycles. The lowest BCUT2D eigenvalue weighted by molar-refractivity contribution is -0.0130. The molecule has 0 aliphatic heterocycles. The Balaban J connectivity index is 2.66. The van der Waals surface area contributed by atoms with Gasteiger partial charge in [0, 0.05) is 6.04 Å². The molecule has 1 aliphatic rings. The number of nitrogens with one attached hydrogen (secondary N) is 1. The summed E-state index contributed by atoms with van der Waals surface area (Å²) in [6, 6.07) is -0.205. The Morgan fingerprint density at radius 1 is 1.47 bits per heavy atom. The van der Waals surface area contributed by atoms with Gasteiger partial charge in [-0.15, -0.1) is 0 Å². The fraction of sp³-hybridized carbons (Fsp3) is 1.00. The summed E-state index contributed by atoms with van der Waals surface area (Å²) in [5, 5.41) is 0. The summed E-state index contributed by atoms with van der Waals surface area (Å²) >= 11 is 0. The molecule has 0 saturated heterocycles. The van der Waals surface area contributed by atoms with Gasteiger partial charge in [-0.2, -0.15) is 0 Å². The number of hydrogen-bond donors (Lipinski definition) is 2. The van der Waals surface area contributed by atoms with E-state index >= 15 is 0 Å². The molecule has 3 nitrogen and oxygen atoms in total. The lowest BCUT2D eigenvalue weighted by Gasteiger charge is -2.46. The molecule has 90 valence electrons. The van der Waals surface area contributed by atoms with E-state index in [4.69, 9.17) is 5.73 Å². The molecule has 1 fully saturated rings. The molecule has 3 N–H and O–H groups in total. The molecule has 0 aromatic heterocycles. The van der Waals surface area contributed by atoms with Gasteiger partial charge >= 0.3 is 0 Å². The monoisotopic (exact) mass is 240 g/mol. The summed E-state index contributed by atoms with van der Waals surface area (Å²) in [4.78, 5) is 0. The maximum Gasteiger partial charge on any atom is 0.257 e. The molecule has 1 atom stereocenters. The van der Waals surface area contributed by atoms with Crippen molar-refractivity contribution < 1.29 is 13.0 Å². The van der Waals surface area contributed by atoms with Crippen molar-refractivity contribution in [2.24, 2.45) is 5.73 Å². The Bertz CT molecular complexity index is 259. The first kappa shape index (κ1) is 13.0. The van der Waals surface area contributed by atoms with Gasteiger partial charge in [0.25, 0.3) is 6.43 Å². The lowest BCUT2D eigenvalue weighted by atomic mass is 9.74. The highest BCUT2D eigenvalue weighted by Gasteiger charge is 2.51. The summed E-state index contributed by atoms with van der Waals surface area (Å²) in [7, 11) is -1.48. The van der Waals surface area contributed by atoms with Gasteiger partial charge in [-0.1, -0.05) is 0 Å². The normalized spacial score (nSPS) is 33.9. The molecular formula is C9H18F2N2OS. The van der Waals surface area contributed by atoms with Gasteiger partial charge in [-0.05, 0) is 33.6 Å². The molecule has 0 spiro atoms. The Labute approximate surface area is 91.4 Å². The van der Waals surface area contributed by atoms with Crippen molar-refractivity contribution in [2.75, 3.05) is 0 Å². The van der Waals surface area contributed by atoms with Crippen molar-refractivity contribution in [2.45, 2.75) is 56.4 Å². The zero-order chi connectivity index (χ0) is 11.9. The molecule has 0 aromatic rings. The molecular weight excluding hydrogens is 222 g/mol. The first-order valence-electron chi connectivity index (χ1n) is 4.91. The average molecular weight is 240 g/mol. The van der Waals surface area contributed by atoms with Crippen LogP contribution < -0.4 is 10.5 Å². The SMILES string of the molecule is CC(C)(C)S(=O)NC1(C(F)F)CC(N)C1. The molecule has 0 aromatic carbocycles. The van der Waals surface area contributed by atoms with Crippen molar-refractivity contribution >= 4 is 11.0 Å². The lowest BCUT2D eigenvalue weighted by Crippen LogP contribution is -2.66. The zero-order valence-electron chi connectivity index (χ0n) is 9.22. The minimum Gasteiger partial charge on any atom is -0.328 e. The number of nitrogens with two attached hydrogens (primary N) is 1. The van der Waals surface area contributed by atoms with Crippen LogP contribution in [-0.2, 0) is 11.0 Å². The highest BCUT2D eigenvalue weighted by atomic mass is 32.2. The Morgan fingerprint density at radius 2 is 1.93 bits per heavy atom. The van der Waals surface area contributed by atoms with E-state index in [-0.39, 0.29) is 18.9 Å². The van der Waals surface area contributed by atoms with E-state index in [1.807, 2.05) is 0 Å². The second-order valence-electron chi connectivity index (χ2n) is 5.11. The molecule has 6 heteroatoms. The second-order valence-corrected chi connectivity index (χ2v) is 7.07. The predicted molar refractivity (Wildman–Crippen MR) is 57.0 cm³/mol. The van der Waals surface area contributed by atoms with Crippen LogP contribution in [0.2, 0.25) is 0 Å². The highest BCUT2D eigenvalue weighted by Crippen LogP contribution is 2.37. The van der Waals surface area contributed by atoms with E-state index in [2.05, 4.69) is 4.72 Å². The third-order valence-electron chi connectivity index (χ3n) is 2.52. The molecule has 1 aliphatic carbocycles. The van der Waals surface area contributed by atoms with Crippen molar-refractivity contribution in [1.82, 2.24) is 4.72 Å². The average Bonchev–Trinajstić information content (AvgIpc) is 1.98. The molecule has 15 heavy (non-hydrogen) atoms. The van der Waals surface area contributed by atoms with Crippen LogP contribution in [0.3, 0.4) is 0 Å². The van der Waals surface area contributed by atoms with Gasteiger partial charge < -0.3 is 5.73 Å². The van der Waals surface area contributed by atoms with E-state index in [9.17, 15) is 13.0 Å². The Kier molecular flexibility index (Phi) is 3.52. The summed E-state index contributed by atoms with van der Waals surface area (Å²) in [6.45, 7) is 5.23. The van der Waals surface area contributed by atoms with Gasteiger partial charge in [0.05, 0.1) is 21.3 Å². The fourth-order valence-corrected chi connectivity index (χ4v) is 2.45. The van der Waals surface area contributed by atoms with E-state index in [0.29, 0.717) is 0 Å². The Hall–Kier alpha value is -0.0700. The van der Waals surface area contributed by atoms with Crippen LogP contribution in [0.25, 0.3) is 0 Å². The number of hydrogen-bond acceptors (Lipinski definition) is 2. The second kappa shape index (κ2) is 4.07. The molecule has 0 heterocycles. The molecule has 0 bridgehead atoms. The molecule has 1 unspecified atom stereocenters. The first-order valence-corrected chi connectivity index (χ1v) is 6.06. The van der Waals surface area contributed by atoms with Crippen LogP contribution in [0.15, 0.2) is 0 Å². The minimum absolute atomic E-state index is 0.187.